The van der Waals surface area contributed by atoms with E-state index in [1.54, 1.807) is 0 Å². The number of alkyl halides is 1. The average Bonchev–Trinajstić information content (AvgIpc) is 2.18. The van der Waals surface area contributed by atoms with Gasteiger partial charge in [0, 0.05) is 20.1 Å². The highest BCUT2D eigenvalue weighted by Gasteiger charge is 2.25. The maximum Gasteiger partial charge on any atom is 0.222 e. The fourth-order valence-electron chi connectivity index (χ4n) is 1.46. The first kappa shape index (κ1) is 11.4. The molecule has 1 aliphatic rings. The second-order valence-electron chi connectivity index (χ2n) is 3.43. The standard InChI is InChI=1S/C9H17FN2O2/c1-14-5-3-9(13)12-8-2-4-11-6-7(8)10/h7-8,11H,2-6H2,1H3,(H,12,13). The molecule has 0 aliphatic carbocycles. The van der Waals surface area contributed by atoms with Crippen LogP contribution in [0.1, 0.15) is 12.8 Å². The highest BCUT2D eigenvalue weighted by molar-refractivity contribution is 5.76. The Labute approximate surface area is 83.2 Å². The predicted octanol–water partition coefficient (Wildman–Crippen LogP) is -0.161. The molecule has 1 amide bonds. The van der Waals surface area contributed by atoms with Gasteiger partial charge in [-0.05, 0) is 13.0 Å². The minimum Gasteiger partial charge on any atom is -0.384 e. The molecule has 14 heavy (non-hydrogen) atoms. The van der Waals surface area contributed by atoms with Crippen LogP contribution in [0, 0.1) is 0 Å². The minimum absolute atomic E-state index is 0.138. The van der Waals surface area contributed by atoms with Crippen molar-refractivity contribution in [1.82, 2.24) is 10.6 Å². The number of methoxy groups -OCH3 is 1. The number of halogens is 1. The van der Waals surface area contributed by atoms with Crippen molar-refractivity contribution in [2.75, 3.05) is 26.8 Å². The number of carbonyl (C=O) groups is 1. The predicted molar refractivity (Wildman–Crippen MR) is 50.8 cm³/mol. The van der Waals surface area contributed by atoms with Crippen LogP contribution in [0.2, 0.25) is 0 Å². The second kappa shape index (κ2) is 5.93. The van der Waals surface area contributed by atoms with Gasteiger partial charge in [-0.25, -0.2) is 4.39 Å². The molecule has 2 unspecified atom stereocenters. The number of piperidine rings is 1. The van der Waals surface area contributed by atoms with Crippen LogP contribution < -0.4 is 10.6 Å². The van der Waals surface area contributed by atoms with Gasteiger partial charge in [-0.15, -0.1) is 0 Å². The van der Waals surface area contributed by atoms with Crippen molar-refractivity contribution < 1.29 is 13.9 Å². The van der Waals surface area contributed by atoms with Gasteiger partial charge in [-0.3, -0.25) is 4.79 Å². The van der Waals surface area contributed by atoms with Gasteiger partial charge in [0.1, 0.15) is 6.17 Å². The molecule has 0 aromatic heterocycles. The van der Waals surface area contributed by atoms with Gasteiger partial charge in [-0.1, -0.05) is 0 Å². The summed E-state index contributed by atoms with van der Waals surface area (Å²) in [5.41, 5.74) is 0. The summed E-state index contributed by atoms with van der Waals surface area (Å²) in [7, 11) is 1.54. The van der Waals surface area contributed by atoms with Gasteiger partial charge < -0.3 is 15.4 Å². The first-order valence-electron chi connectivity index (χ1n) is 4.87. The Hall–Kier alpha value is -0.680. The molecule has 0 aromatic carbocycles. The summed E-state index contributed by atoms with van der Waals surface area (Å²) in [6.07, 6.45) is -0.0252. The SMILES string of the molecule is COCCC(=O)NC1CCNCC1F. The lowest BCUT2D eigenvalue weighted by Gasteiger charge is -2.27. The Bertz CT molecular complexity index is 190. The van der Waals surface area contributed by atoms with Crippen LogP contribution in [0.5, 0.6) is 0 Å². The fourth-order valence-corrected chi connectivity index (χ4v) is 1.46. The lowest BCUT2D eigenvalue weighted by molar-refractivity contribution is -0.123. The monoisotopic (exact) mass is 204 g/mol. The molecule has 82 valence electrons. The van der Waals surface area contributed by atoms with Crippen LogP contribution >= 0.6 is 0 Å². The van der Waals surface area contributed by atoms with E-state index in [0.29, 0.717) is 26.0 Å². The van der Waals surface area contributed by atoms with E-state index in [1.165, 1.54) is 7.11 Å². The summed E-state index contributed by atoms with van der Waals surface area (Å²) in [5, 5.41) is 5.60. The lowest BCUT2D eigenvalue weighted by atomic mass is 10.0. The largest absolute Gasteiger partial charge is 0.384 e. The van der Waals surface area contributed by atoms with Gasteiger partial charge in [0.25, 0.3) is 0 Å². The summed E-state index contributed by atoms with van der Waals surface area (Å²) < 4.78 is 18.0. The first-order valence-corrected chi connectivity index (χ1v) is 4.87. The Morgan fingerprint density at radius 1 is 1.71 bits per heavy atom. The summed E-state index contributed by atoms with van der Waals surface area (Å²) in [6, 6.07) is -0.333. The van der Waals surface area contributed by atoms with Crippen molar-refractivity contribution in [3.05, 3.63) is 0 Å². The number of ether oxygens (including phenoxy) is 1. The minimum atomic E-state index is -0.977. The van der Waals surface area contributed by atoms with Crippen LogP contribution in [0.4, 0.5) is 4.39 Å². The van der Waals surface area contributed by atoms with Gasteiger partial charge in [0.05, 0.1) is 12.6 Å². The number of hydrogen-bond donors (Lipinski definition) is 2. The molecule has 5 heteroatoms. The van der Waals surface area contributed by atoms with Crippen LogP contribution in [-0.2, 0) is 9.53 Å². The summed E-state index contributed by atoms with van der Waals surface area (Å²) >= 11 is 0. The highest BCUT2D eigenvalue weighted by Crippen LogP contribution is 2.07. The van der Waals surface area contributed by atoms with Crippen molar-refractivity contribution >= 4 is 5.91 Å². The van der Waals surface area contributed by atoms with Gasteiger partial charge in [0.15, 0.2) is 0 Å². The molecular weight excluding hydrogens is 187 g/mol. The number of amides is 1. The van der Waals surface area contributed by atoms with Gasteiger partial charge >= 0.3 is 0 Å². The van der Waals surface area contributed by atoms with Crippen LogP contribution in [0.3, 0.4) is 0 Å². The van der Waals surface area contributed by atoms with Crippen molar-refractivity contribution in [3.8, 4) is 0 Å². The highest BCUT2D eigenvalue weighted by atomic mass is 19.1. The number of rotatable bonds is 4. The third-order valence-corrected chi connectivity index (χ3v) is 2.29. The Morgan fingerprint density at radius 3 is 3.14 bits per heavy atom. The molecule has 1 saturated heterocycles. The number of nitrogens with one attached hydrogen (secondary N) is 2. The second-order valence-corrected chi connectivity index (χ2v) is 3.43. The molecule has 0 spiro atoms. The van der Waals surface area contributed by atoms with Crippen LogP contribution in [0.15, 0.2) is 0 Å². The van der Waals surface area contributed by atoms with E-state index in [-0.39, 0.29) is 11.9 Å². The third-order valence-electron chi connectivity index (χ3n) is 2.29. The van der Waals surface area contributed by atoms with E-state index < -0.39 is 6.17 Å². The van der Waals surface area contributed by atoms with E-state index in [4.69, 9.17) is 4.74 Å². The maximum atomic E-state index is 13.2. The number of hydrogen-bond acceptors (Lipinski definition) is 3. The van der Waals surface area contributed by atoms with E-state index in [2.05, 4.69) is 10.6 Å². The van der Waals surface area contributed by atoms with Crippen molar-refractivity contribution in [1.29, 1.82) is 0 Å². The maximum absolute atomic E-state index is 13.2. The lowest BCUT2D eigenvalue weighted by Crippen LogP contribution is -2.50. The molecule has 1 aliphatic heterocycles. The van der Waals surface area contributed by atoms with Crippen LogP contribution in [0.25, 0.3) is 0 Å². The molecule has 2 atom stereocenters. The molecule has 0 saturated carbocycles. The Balaban J connectivity index is 2.23. The molecule has 0 aromatic rings. The van der Waals surface area contributed by atoms with Gasteiger partial charge in [-0.2, -0.15) is 0 Å². The Morgan fingerprint density at radius 2 is 2.50 bits per heavy atom. The first-order chi connectivity index (χ1) is 6.74. The normalized spacial score (nSPS) is 27.3. The smallest absolute Gasteiger partial charge is 0.222 e. The molecule has 1 heterocycles. The van der Waals surface area contributed by atoms with Gasteiger partial charge in [0.2, 0.25) is 5.91 Å². The zero-order chi connectivity index (χ0) is 10.4. The summed E-state index contributed by atoms with van der Waals surface area (Å²) in [6.45, 7) is 1.47. The van der Waals surface area contributed by atoms with E-state index in [0.717, 1.165) is 6.54 Å². The molecule has 1 fully saturated rings. The van der Waals surface area contributed by atoms with E-state index in [9.17, 15) is 9.18 Å². The van der Waals surface area contributed by atoms with Crippen molar-refractivity contribution in [3.63, 3.8) is 0 Å². The van der Waals surface area contributed by atoms with E-state index in [1.807, 2.05) is 0 Å². The molecular formula is C9H17FN2O2. The average molecular weight is 204 g/mol. The van der Waals surface area contributed by atoms with Crippen LogP contribution in [-0.4, -0.2) is 44.9 Å². The number of carbonyl (C=O) groups excluding carboxylic acids is 1. The molecule has 4 nitrogen and oxygen atoms in total. The summed E-state index contributed by atoms with van der Waals surface area (Å²) in [5.74, 6) is -0.138. The summed E-state index contributed by atoms with van der Waals surface area (Å²) in [4.78, 5) is 11.2. The topological polar surface area (TPSA) is 50.4 Å². The quantitative estimate of drug-likeness (QED) is 0.669. The fraction of sp³-hybridized carbons (Fsp3) is 0.889. The molecule has 0 bridgehead atoms. The van der Waals surface area contributed by atoms with Crippen molar-refractivity contribution in [2.24, 2.45) is 0 Å². The third kappa shape index (κ3) is 3.59. The van der Waals surface area contributed by atoms with E-state index >= 15 is 0 Å². The zero-order valence-electron chi connectivity index (χ0n) is 8.38. The molecule has 2 N–H and O–H groups in total. The zero-order valence-corrected chi connectivity index (χ0v) is 8.38. The Kier molecular flexibility index (Phi) is 4.82. The molecule has 1 rings (SSSR count). The molecule has 0 radical (unpaired) electrons. The van der Waals surface area contributed by atoms with Crippen molar-refractivity contribution in [2.45, 2.75) is 25.1 Å².